The Kier molecular flexibility index (Phi) is 5.03. The fourth-order valence-electron chi connectivity index (χ4n) is 3.12. The van der Waals surface area contributed by atoms with Crippen LogP contribution in [0.5, 0.6) is 5.75 Å². The van der Waals surface area contributed by atoms with Crippen LogP contribution in [0.25, 0.3) is 0 Å². The quantitative estimate of drug-likeness (QED) is 0.821. The van der Waals surface area contributed by atoms with Crippen LogP contribution in [0.3, 0.4) is 0 Å². The molecule has 3 rings (SSSR count). The number of nitrogens with zero attached hydrogens (tertiary/aromatic N) is 2. The van der Waals surface area contributed by atoms with E-state index in [1.54, 1.807) is 30.0 Å². The number of benzene rings is 1. The summed E-state index contributed by atoms with van der Waals surface area (Å²) in [7, 11) is 0. The van der Waals surface area contributed by atoms with Crippen LogP contribution in [-0.2, 0) is 9.59 Å². The normalized spacial score (nSPS) is 20.6. The zero-order valence-corrected chi connectivity index (χ0v) is 14.6. The van der Waals surface area contributed by atoms with Crippen molar-refractivity contribution >= 4 is 23.3 Å². The minimum Gasteiger partial charge on any atom is -0.479 e. The van der Waals surface area contributed by atoms with Crippen molar-refractivity contribution in [1.82, 2.24) is 10.2 Å². The van der Waals surface area contributed by atoms with Gasteiger partial charge in [-0.1, -0.05) is 0 Å². The van der Waals surface area contributed by atoms with Gasteiger partial charge in [0.15, 0.2) is 11.9 Å². The molecule has 2 amide bonds. The van der Waals surface area contributed by atoms with Gasteiger partial charge < -0.3 is 15.0 Å². The van der Waals surface area contributed by atoms with E-state index >= 15 is 0 Å². The number of hydrogen-bond acceptors (Lipinski definition) is 5. The first-order valence-electron chi connectivity index (χ1n) is 8.59. The van der Waals surface area contributed by atoms with Crippen LogP contribution in [0.2, 0.25) is 0 Å². The number of amides is 2. The Morgan fingerprint density at radius 2 is 2.08 bits per heavy atom. The zero-order valence-electron chi connectivity index (χ0n) is 14.6. The van der Waals surface area contributed by atoms with E-state index < -0.39 is 6.10 Å². The maximum Gasteiger partial charge on any atom is 0.268 e. The van der Waals surface area contributed by atoms with Gasteiger partial charge in [0.2, 0.25) is 5.91 Å². The number of fused-ring (bicyclic) bond motifs is 1. The van der Waals surface area contributed by atoms with Gasteiger partial charge in [-0.15, -0.1) is 0 Å². The Morgan fingerprint density at radius 3 is 2.84 bits per heavy atom. The van der Waals surface area contributed by atoms with Crippen molar-refractivity contribution in [2.24, 2.45) is 0 Å². The molecule has 1 atom stereocenters. The number of ether oxygens (including phenoxy) is 1. The molecule has 0 spiro atoms. The van der Waals surface area contributed by atoms with Gasteiger partial charge in [0, 0.05) is 25.2 Å². The number of ketones is 1. The summed E-state index contributed by atoms with van der Waals surface area (Å²) in [5.74, 6) is 0.0565. The van der Waals surface area contributed by atoms with Gasteiger partial charge in [-0.3, -0.25) is 19.3 Å². The third-order valence-corrected chi connectivity index (χ3v) is 4.56. The fraction of sp³-hybridized carbons (Fsp3) is 0.500. The monoisotopic (exact) mass is 345 g/mol. The van der Waals surface area contributed by atoms with Gasteiger partial charge in [0.05, 0.1) is 5.69 Å². The van der Waals surface area contributed by atoms with E-state index in [1.165, 1.54) is 11.8 Å². The maximum atomic E-state index is 12.7. The van der Waals surface area contributed by atoms with Crippen molar-refractivity contribution in [3.63, 3.8) is 0 Å². The van der Waals surface area contributed by atoms with E-state index in [9.17, 15) is 14.4 Å². The molecular formula is C18H23N3O4. The molecule has 7 nitrogen and oxygen atoms in total. The van der Waals surface area contributed by atoms with E-state index in [-0.39, 0.29) is 24.1 Å². The summed E-state index contributed by atoms with van der Waals surface area (Å²) in [6.45, 7) is 6.05. The Morgan fingerprint density at radius 1 is 1.28 bits per heavy atom. The van der Waals surface area contributed by atoms with Crippen molar-refractivity contribution in [2.75, 3.05) is 37.6 Å². The predicted octanol–water partition coefficient (Wildman–Crippen LogP) is 0.825. The number of anilines is 1. The topological polar surface area (TPSA) is 79.0 Å². The van der Waals surface area contributed by atoms with E-state index in [4.69, 9.17) is 4.74 Å². The van der Waals surface area contributed by atoms with Crippen LogP contribution in [0.15, 0.2) is 18.2 Å². The molecule has 1 N–H and O–H groups in total. The average Bonchev–Trinajstić information content (AvgIpc) is 2.87. The zero-order chi connectivity index (χ0) is 18.0. The molecule has 0 aliphatic carbocycles. The molecule has 1 saturated heterocycles. The Balaban J connectivity index is 1.86. The van der Waals surface area contributed by atoms with Crippen LogP contribution in [0.4, 0.5) is 5.69 Å². The van der Waals surface area contributed by atoms with Gasteiger partial charge >= 0.3 is 0 Å². The minimum absolute atomic E-state index is 0.0408. The Labute approximate surface area is 146 Å². The number of nitrogens with one attached hydrogen (secondary N) is 1. The standard InChI is InChI=1S/C18H23N3O4/c1-12(22)14-4-5-16-15(10-14)21(18(24)13(2)25-16)11-17(23)20-8-3-6-19-7-9-20/h4-5,10,13,19H,3,6-9,11H2,1-2H3. The highest BCUT2D eigenvalue weighted by Gasteiger charge is 2.34. The molecular weight excluding hydrogens is 322 g/mol. The van der Waals surface area contributed by atoms with Gasteiger partial charge in [-0.25, -0.2) is 0 Å². The van der Waals surface area contributed by atoms with Crippen LogP contribution in [0, 0.1) is 0 Å². The van der Waals surface area contributed by atoms with Crippen LogP contribution in [-0.4, -0.2) is 61.3 Å². The summed E-state index contributed by atoms with van der Waals surface area (Å²) in [4.78, 5) is 40.2. The number of carbonyl (C=O) groups excluding carboxylic acids is 3. The number of Topliss-reactive ketones (excluding diaryl/α,β-unsaturated/α-hetero) is 1. The van der Waals surface area contributed by atoms with Crippen molar-refractivity contribution in [3.8, 4) is 5.75 Å². The molecule has 134 valence electrons. The maximum absolute atomic E-state index is 12.7. The molecule has 2 aliphatic heterocycles. The second-order valence-electron chi connectivity index (χ2n) is 6.41. The molecule has 1 unspecified atom stereocenters. The lowest BCUT2D eigenvalue weighted by atomic mass is 10.1. The number of hydrogen-bond donors (Lipinski definition) is 1. The van der Waals surface area contributed by atoms with Gasteiger partial charge in [0.25, 0.3) is 5.91 Å². The lowest BCUT2D eigenvalue weighted by molar-refractivity contribution is -0.133. The van der Waals surface area contributed by atoms with Crippen molar-refractivity contribution in [3.05, 3.63) is 23.8 Å². The molecule has 0 radical (unpaired) electrons. The SMILES string of the molecule is CC(=O)c1ccc2c(c1)N(CC(=O)N1CCCNCC1)C(=O)C(C)O2. The summed E-state index contributed by atoms with van der Waals surface area (Å²) >= 11 is 0. The molecule has 2 heterocycles. The highest BCUT2D eigenvalue weighted by atomic mass is 16.5. The fourth-order valence-corrected chi connectivity index (χ4v) is 3.12. The van der Waals surface area contributed by atoms with Crippen LogP contribution < -0.4 is 15.0 Å². The molecule has 1 aromatic carbocycles. The number of rotatable bonds is 3. The van der Waals surface area contributed by atoms with Crippen LogP contribution >= 0.6 is 0 Å². The molecule has 0 saturated carbocycles. The first-order valence-corrected chi connectivity index (χ1v) is 8.59. The lowest BCUT2D eigenvalue weighted by Gasteiger charge is -2.34. The van der Waals surface area contributed by atoms with Crippen molar-refractivity contribution in [2.45, 2.75) is 26.4 Å². The smallest absolute Gasteiger partial charge is 0.268 e. The summed E-state index contributed by atoms with van der Waals surface area (Å²) in [6.07, 6.45) is 0.235. The molecule has 25 heavy (non-hydrogen) atoms. The van der Waals surface area contributed by atoms with Crippen LogP contribution in [0.1, 0.15) is 30.6 Å². The molecule has 1 aromatic rings. The molecule has 0 bridgehead atoms. The van der Waals surface area contributed by atoms with Crippen molar-refractivity contribution < 1.29 is 19.1 Å². The molecule has 0 aromatic heterocycles. The van der Waals surface area contributed by atoms with Gasteiger partial charge in [-0.2, -0.15) is 0 Å². The first kappa shape index (κ1) is 17.4. The predicted molar refractivity (Wildman–Crippen MR) is 93.0 cm³/mol. The summed E-state index contributed by atoms with van der Waals surface area (Å²) < 4.78 is 5.62. The molecule has 1 fully saturated rings. The number of carbonyl (C=O) groups is 3. The highest BCUT2D eigenvalue weighted by molar-refractivity contribution is 6.05. The minimum atomic E-state index is -0.658. The summed E-state index contributed by atoms with van der Waals surface area (Å²) in [5.41, 5.74) is 0.971. The lowest BCUT2D eigenvalue weighted by Crippen LogP contribution is -2.50. The summed E-state index contributed by atoms with van der Waals surface area (Å²) in [5, 5.41) is 3.26. The van der Waals surface area contributed by atoms with Crippen molar-refractivity contribution in [1.29, 1.82) is 0 Å². The van der Waals surface area contributed by atoms with E-state index in [0.717, 1.165) is 19.5 Å². The second-order valence-corrected chi connectivity index (χ2v) is 6.41. The highest BCUT2D eigenvalue weighted by Crippen LogP contribution is 2.35. The summed E-state index contributed by atoms with van der Waals surface area (Å²) in [6, 6.07) is 4.98. The average molecular weight is 345 g/mol. The van der Waals surface area contributed by atoms with E-state index in [0.29, 0.717) is 30.1 Å². The third-order valence-electron chi connectivity index (χ3n) is 4.56. The Bertz CT molecular complexity index is 696. The van der Waals surface area contributed by atoms with Gasteiger partial charge in [0.1, 0.15) is 12.3 Å². The van der Waals surface area contributed by atoms with E-state index in [1.807, 2.05) is 0 Å². The largest absolute Gasteiger partial charge is 0.479 e. The van der Waals surface area contributed by atoms with E-state index in [2.05, 4.69) is 5.32 Å². The Hall–Kier alpha value is -2.41. The molecule has 7 heteroatoms. The van der Waals surface area contributed by atoms with Gasteiger partial charge in [-0.05, 0) is 45.0 Å². The second kappa shape index (κ2) is 7.23. The molecule has 2 aliphatic rings. The third kappa shape index (κ3) is 3.66. The first-order chi connectivity index (χ1) is 12.0.